The summed E-state index contributed by atoms with van der Waals surface area (Å²) < 4.78 is 41.2. The van der Waals surface area contributed by atoms with Gasteiger partial charge in [-0.2, -0.15) is 18.2 Å². The number of hydrogen-bond acceptors (Lipinski definition) is 9. The number of halogens is 3. The maximum Gasteiger partial charge on any atom is 0.451 e. The number of phenols is 1. The van der Waals surface area contributed by atoms with Crippen LogP contribution in [-0.2, 0) is 25.7 Å². The molecular weight excluding hydrogens is 517 g/mol. The number of hydrogen-bond donors (Lipinski definition) is 1. The lowest BCUT2D eigenvalue weighted by Gasteiger charge is -2.36. The first-order valence-electron chi connectivity index (χ1n) is 12.6. The lowest BCUT2D eigenvalue weighted by atomic mass is 10.2. The Hall–Kier alpha value is -3.61. The molecule has 1 saturated heterocycles. The van der Waals surface area contributed by atoms with E-state index in [0.29, 0.717) is 12.5 Å². The second kappa shape index (κ2) is 9.61. The summed E-state index contributed by atoms with van der Waals surface area (Å²) in [6, 6.07) is 9.31. The van der Waals surface area contributed by atoms with Crippen LogP contribution in [0, 0.1) is 0 Å². The molecule has 200 valence electrons. The summed E-state index contributed by atoms with van der Waals surface area (Å²) in [5, 5.41) is 17.8. The first-order valence-corrected chi connectivity index (χ1v) is 13.5. The zero-order valence-electron chi connectivity index (χ0n) is 20.8. The smallest absolute Gasteiger partial charge is 0.451 e. The SMILES string of the molecule is CCCc1cc2c(N3CCn4c(nnc4C(F)(F)F)C3)nc(N3CCN(c4ccc(O)cc4)CC3)nc2s1. The van der Waals surface area contributed by atoms with Gasteiger partial charge in [-0.05, 0) is 36.8 Å². The van der Waals surface area contributed by atoms with Gasteiger partial charge in [0, 0.05) is 49.8 Å². The van der Waals surface area contributed by atoms with Crippen molar-refractivity contribution in [2.45, 2.75) is 39.0 Å². The maximum absolute atomic E-state index is 13.3. The topological polar surface area (TPSA) is 86.4 Å². The van der Waals surface area contributed by atoms with Gasteiger partial charge in [-0.25, -0.2) is 4.98 Å². The van der Waals surface area contributed by atoms with E-state index in [9.17, 15) is 18.3 Å². The molecule has 0 aliphatic carbocycles. The van der Waals surface area contributed by atoms with Crippen molar-refractivity contribution in [1.29, 1.82) is 0 Å². The van der Waals surface area contributed by atoms with E-state index in [1.54, 1.807) is 23.5 Å². The molecule has 38 heavy (non-hydrogen) atoms. The number of phenolic OH excluding ortho intramolecular Hbond substituents is 1. The predicted octanol–water partition coefficient (Wildman–Crippen LogP) is 4.31. The van der Waals surface area contributed by atoms with Gasteiger partial charge in [0.15, 0.2) is 5.82 Å². The summed E-state index contributed by atoms with van der Waals surface area (Å²) in [6.07, 6.45) is -2.59. The van der Waals surface area contributed by atoms with Crippen LogP contribution in [0.4, 0.5) is 30.6 Å². The molecule has 0 spiro atoms. The van der Waals surface area contributed by atoms with E-state index in [-0.39, 0.29) is 24.7 Å². The molecule has 2 aliphatic rings. The van der Waals surface area contributed by atoms with E-state index in [0.717, 1.165) is 65.3 Å². The van der Waals surface area contributed by atoms with Gasteiger partial charge in [0.25, 0.3) is 0 Å². The van der Waals surface area contributed by atoms with Crippen LogP contribution in [0.5, 0.6) is 5.75 Å². The minimum absolute atomic E-state index is 0.134. The molecule has 5 heterocycles. The molecule has 0 radical (unpaired) electrons. The fraction of sp³-hybridized carbons (Fsp3) is 0.440. The van der Waals surface area contributed by atoms with Crippen molar-refractivity contribution in [2.24, 2.45) is 0 Å². The highest BCUT2D eigenvalue weighted by atomic mass is 32.1. The molecule has 0 bridgehead atoms. The second-order valence-corrected chi connectivity index (χ2v) is 10.6. The van der Waals surface area contributed by atoms with Crippen LogP contribution in [0.2, 0.25) is 0 Å². The van der Waals surface area contributed by atoms with Crippen LogP contribution in [0.1, 0.15) is 29.9 Å². The number of thiophene rings is 1. The molecule has 1 aromatic carbocycles. The van der Waals surface area contributed by atoms with Gasteiger partial charge in [-0.3, -0.25) is 0 Å². The number of aryl methyl sites for hydroxylation is 1. The number of piperazine rings is 1. The van der Waals surface area contributed by atoms with Crippen molar-refractivity contribution in [2.75, 3.05) is 47.4 Å². The highest BCUT2D eigenvalue weighted by molar-refractivity contribution is 7.18. The summed E-state index contributed by atoms with van der Waals surface area (Å²) in [6.45, 7) is 5.83. The first-order chi connectivity index (χ1) is 18.3. The van der Waals surface area contributed by atoms with Crippen molar-refractivity contribution in [1.82, 2.24) is 24.7 Å². The Morgan fingerprint density at radius 1 is 0.921 bits per heavy atom. The molecule has 0 unspecified atom stereocenters. The summed E-state index contributed by atoms with van der Waals surface area (Å²) in [4.78, 5) is 18.4. The third kappa shape index (κ3) is 4.59. The Kier molecular flexibility index (Phi) is 6.25. The third-order valence-corrected chi connectivity index (χ3v) is 8.08. The van der Waals surface area contributed by atoms with Gasteiger partial charge >= 0.3 is 6.18 Å². The fourth-order valence-corrected chi connectivity index (χ4v) is 6.19. The highest BCUT2D eigenvalue weighted by Gasteiger charge is 2.40. The number of nitrogens with zero attached hydrogens (tertiary/aromatic N) is 8. The summed E-state index contributed by atoms with van der Waals surface area (Å²) >= 11 is 1.65. The number of benzene rings is 1. The summed E-state index contributed by atoms with van der Waals surface area (Å²) in [7, 11) is 0. The Labute approximate surface area is 221 Å². The molecule has 0 saturated carbocycles. The van der Waals surface area contributed by atoms with Crippen molar-refractivity contribution < 1.29 is 18.3 Å². The number of aromatic hydroxyl groups is 1. The fourth-order valence-electron chi connectivity index (χ4n) is 5.07. The quantitative estimate of drug-likeness (QED) is 0.398. The Morgan fingerprint density at radius 3 is 2.34 bits per heavy atom. The number of alkyl halides is 3. The maximum atomic E-state index is 13.3. The van der Waals surface area contributed by atoms with E-state index in [2.05, 4.69) is 33.0 Å². The van der Waals surface area contributed by atoms with Crippen molar-refractivity contribution in [3.8, 4) is 5.75 Å². The number of fused-ring (bicyclic) bond motifs is 2. The number of aromatic nitrogens is 5. The predicted molar refractivity (Wildman–Crippen MR) is 140 cm³/mol. The number of anilines is 3. The van der Waals surface area contributed by atoms with Crippen LogP contribution < -0.4 is 14.7 Å². The van der Waals surface area contributed by atoms with Gasteiger partial charge in [-0.15, -0.1) is 21.5 Å². The Bertz CT molecular complexity index is 1440. The van der Waals surface area contributed by atoms with E-state index in [1.807, 2.05) is 17.0 Å². The molecule has 1 N–H and O–H groups in total. The Morgan fingerprint density at radius 2 is 1.63 bits per heavy atom. The summed E-state index contributed by atoms with van der Waals surface area (Å²) in [5.41, 5.74) is 1.05. The van der Waals surface area contributed by atoms with Crippen LogP contribution in [0.15, 0.2) is 30.3 Å². The summed E-state index contributed by atoms with van der Waals surface area (Å²) in [5.74, 6) is 0.931. The minimum Gasteiger partial charge on any atom is -0.508 e. The van der Waals surface area contributed by atoms with Crippen molar-refractivity contribution >= 4 is 39.0 Å². The van der Waals surface area contributed by atoms with E-state index < -0.39 is 12.0 Å². The molecule has 4 aromatic rings. The average Bonchev–Trinajstić information content (AvgIpc) is 3.52. The lowest BCUT2D eigenvalue weighted by Crippen LogP contribution is -2.47. The molecule has 6 rings (SSSR count). The average molecular weight is 545 g/mol. The zero-order chi connectivity index (χ0) is 26.4. The minimum atomic E-state index is -4.53. The molecule has 13 heteroatoms. The van der Waals surface area contributed by atoms with Crippen LogP contribution in [-0.4, -0.2) is 62.6 Å². The molecular formula is C25H27F3N8OS. The van der Waals surface area contributed by atoms with Crippen LogP contribution in [0.3, 0.4) is 0 Å². The molecule has 3 aromatic heterocycles. The van der Waals surface area contributed by atoms with Crippen LogP contribution >= 0.6 is 11.3 Å². The zero-order valence-corrected chi connectivity index (χ0v) is 21.6. The normalized spacial score (nSPS) is 16.4. The molecule has 9 nitrogen and oxygen atoms in total. The Balaban J connectivity index is 1.29. The number of rotatable bonds is 5. The molecule has 1 fully saturated rings. The largest absolute Gasteiger partial charge is 0.508 e. The van der Waals surface area contributed by atoms with E-state index >= 15 is 0 Å². The van der Waals surface area contributed by atoms with Gasteiger partial charge in [0.2, 0.25) is 11.8 Å². The van der Waals surface area contributed by atoms with Gasteiger partial charge in [-0.1, -0.05) is 13.3 Å². The third-order valence-electron chi connectivity index (χ3n) is 6.99. The lowest BCUT2D eigenvalue weighted by molar-refractivity contribution is -0.147. The van der Waals surface area contributed by atoms with Gasteiger partial charge < -0.3 is 24.4 Å². The van der Waals surface area contributed by atoms with E-state index in [1.165, 1.54) is 4.88 Å². The highest BCUT2D eigenvalue weighted by Crippen LogP contribution is 2.36. The molecule has 0 atom stereocenters. The first kappa shape index (κ1) is 24.7. The standard InChI is InChI=1S/C25H27F3N8OS/c1-2-3-18-14-19-21(35-12-13-36-20(15-35)31-32-23(36)25(26,27)28)29-24(30-22(19)38-18)34-10-8-33(9-11-34)16-4-6-17(37)7-5-16/h4-7,14,37H,2-3,8-13,15H2,1H3. The van der Waals surface area contributed by atoms with E-state index in [4.69, 9.17) is 9.97 Å². The second-order valence-electron chi connectivity index (χ2n) is 9.53. The van der Waals surface area contributed by atoms with Gasteiger partial charge in [0.05, 0.1) is 11.9 Å². The monoisotopic (exact) mass is 544 g/mol. The van der Waals surface area contributed by atoms with Crippen LogP contribution in [0.25, 0.3) is 10.2 Å². The van der Waals surface area contributed by atoms with Crippen molar-refractivity contribution in [3.63, 3.8) is 0 Å². The van der Waals surface area contributed by atoms with Gasteiger partial charge in [0.1, 0.15) is 16.4 Å². The van der Waals surface area contributed by atoms with Crippen molar-refractivity contribution in [3.05, 3.63) is 46.9 Å². The molecule has 0 amide bonds. The molecule has 2 aliphatic heterocycles.